The minimum absolute atomic E-state index is 0.0620. The van der Waals surface area contributed by atoms with Crippen molar-refractivity contribution >= 4 is 23.3 Å². The molecule has 0 bridgehead atoms. The molecule has 1 heterocycles. The van der Waals surface area contributed by atoms with Gasteiger partial charge in [0.15, 0.2) is 0 Å². The summed E-state index contributed by atoms with van der Waals surface area (Å²) in [7, 11) is 0. The van der Waals surface area contributed by atoms with Gasteiger partial charge in [-0.3, -0.25) is 4.79 Å². The molecule has 0 spiro atoms. The maximum Gasteiger partial charge on any atom is 0.270 e. The summed E-state index contributed by atoms with van der Waals surface area (Å²) >= 11 is 6.09. The lowest BCUT2D eigenvalue weighted by Gasteiger charge is -2.10. The van der Waals surface area contributed by atoms with E-state index in [0.717, 1.165) is 5.56 Å². The van der Waals surface area contributed by atoms with Crippen LogP contribution in [-0.4, -0.2) is 21.9 Å². The third-order valence-electron chi connectivity index (χ3n) is 2.74. The molecule has 110 valence electrons. The van der Waals surface area contributed by atoms with Crippen LogP contribution in [-0.2, 0) is 6.54 Å². The number of carbonyl (C=O) groups excluding carboxylic acids is 1. The van der Waals surface area contributed by atoms with Crippen LogP contribution in [0.1, 0.15) is 29.9 Å². The van der Waals surface area contributed by atoms with Gasteiger partial charge in [0.1, 0.15) is 17.8 Å². The van der Waals surface area contributed by atoms with E-state index in [9.17, 15) is 4.79 Å². The van der Waals surface area contributed by atoms with Gasteiger partial charge in [-0.05, 0) is 25.5 Å². The van der Waals surface area contributed by atoms with Gasteiger partial charge in [-0.15, -0.1) is 0 Å². The smallest absolute Gasteiger partial charge is 0.270 e. The predicted molar refractivity (Wildman–Crippen MR) is 83.4 cm³/mol. The molecule has 1 aromatic carbocycles. The van der Waals surface area contributed by atoms with E-state index in [1.807, 2.05) is 38.1 Å². The third kappa shape index (κ3) is 4.43. The van der Waals surface area contributed by atoms with E-state index in [4.69, 9.17) is 11.6 Å². The highest BCUT2D eigenvalue weighted by Crippen LogP contribution is 2.16. The van der Waals surface area contributed by atoms with Crippen LogP contribution in [0.15, 0.2) is 36.7 Å². The quantitative estimate of drug-likeness (QED) is 0.891. The highest BCUT2D eigenvalue weighted by atomic mass is 35.5. The zero-order valence-corrected chi connectivity index (χ0v) is 12.7. The summed E-state index contributed by atoms with van der Waals surface area (Å²) in [6, 6.07) is 9.25. The predicted octanol–water partition coefficient (Wildman–Crippen LogP) is 2.88. The monoisotopic (exact) mass is 304 g/mol. The highest BCUT2D eigenvalue weighted by Gasteiger charge is 2.09. The van der Waals surface area contributed by atoms with E-state index < -0.39 is 0 Å². The number of nitrogens with one attached hydrogen (secondary N) is 2. The zero-order chi connectivity index (χ0) is 15.2. The molecule has 0 atom stereocenters. The summed E-state index contributed by atoms with van der Waals surface area (Å²) in [6.07, 6.45) is 1.37. The summed E-state index contributed by atoms with van der Waals surface area (Å²) in [5.41, 5.74) is 1.30. The molecule has 0 aliphatic carbocycles. The van der Waals surface area contributed by atoms with Crippen molar-refractivity contribution in [2.24, 2.45) is 0 Å². The van der Waals surface area contributed by atoms with Gasteiger partial charge in [0.05, 0.1) is 0 Å². The van der Waals surface area contributed by atoms with E-state index in [0.29, 0.717) is 23.1 Å². The molecule has 0 aliphatic heterocycles. The fourth-order valence-electron chi connectivity index (χ4n) is 1.74. The SMILES string of the molecule is CC(C)NC(=O)c1cc(NCc2ccccc2Cl)ncn1. The van der Waals surface area contributed by atoms with Gasteiger partial charge in [-0.1, -0.05) is 29.8 Å². The minimum atomic E-state index is -0.215. The number of aromatic nitrogens is 2. The number of halogens is 1. The Labute approximate surface area is 128 Å². The molecule has 0 radical (unpaired) electrons. The van der Waals surface area contributed by atoms with Crippen LogP contribution < -0.4 is 10.6 Å². The molecule has 0 saturated heterocycles. The van der Waals surface area contributed by atoms with E-state index in [1.54, 1.807) is 6.07 Å². The Kier molecular flexibility index (Phi) is 5.11. The molecule has 2 N–H and O–H groups in total. The molecule has 1 amide bonds. The van der Waals surface area contributed by atoms with E-state index in [2.05, 4.69) is 20.6 Å². The highest BCUT2D eigenvalue weighted by molar-refractivity contribution is 6.31. The molecule has 0 fully saturated rings. The Morgan fingerprint density at radius 2 is 2.05 bits per heavy atom. The van der Waals surface area contributed by atoms with Crippen molar-refractivity contribution in [1.29, 1.82) is 0 Å². The Morgan fingerprint density at radius 3 is 2.76 bits per heavy atom. The second kappa shape index (κ2) is 7.04. The van der Waals surface area contributed by atoms with Gasteiger partial charge >= 0.3 is 0 Å². The van der Waals surface area contributed by atoms with Crippen molar-refractivity contribution in [3.8, 4) is 0 Å². The fourth-order valence-corrected chi connectivity index (χ4v) is 1.94. The van der Waals surface area contributed by atoms with Gasteiger partial charge in [0.25, 0.3) is 5.91 Å². The maximum absolute atomic E-state index is 11.9. The summed E-state index contributed by atoms with van der Waals surface area (Å²) in [6.45, 7) is 4.33. The van der Waals surface area contributed by atoms with Crippen LogP contribution in [0.4, 0.5) is 5.82 Å². The first-order valence-corrected chi connectivity index (χ1v) is 7.04. The van der Waals surface area contributed by atoms with Crippen LogP contribution in [0.2, 0.25) is 5.02 Å². The second-order valence-corrected chi connectivity index (χ2v) is 5.27. The van der Waals surface area contributed by atoms with Crippen molar-refractivity contribution in [2.75, 3.05) is 5.32 Å². The van der Waals surface area contributed by atoms with Crippen LogP contribution in [0.5, 0.6) is 0 Å². The molecule has 0 unspecified atom stereocenters. The standard InChI is InChI=1S/C15H17ClN4O/c1-10(2)20-15(21)13-7-14(19-9-18-13)17-8-11-5-3-4-6-12(11)16/h3-7,9-10H,8H2,1-2H3,(H,20,21)(H,17,18,19). The molecule has 2 aromatic rings. The van der Waals surface area contributed by atoms with Gasteiger partial charge < -0.3 is 10.6 Å². The Morgan fingerprint density at radius 1 is 1.29 bits per heavy atom. The number of anilines is 1. The first kappa shape index (κ1) is 15.3. The molecular weight excluding hydrogens is 288 g/mol. The summed E-state index contributed by atoms with van der Waals surface area (Å²) < 4.78 is 0. The second-order valence-electron chi connectivity index (χ2n) is 4.86. The molecule has 1 aromatic heterocycles. The van der Waals surface area contributed by atoms with Crippen molar-refractivity contribution in [3.63, 3.8) is 0 Å². The van der Waals surface area contributed by atoms with Crippen LogP contribution in [0, 0.1) is 0 Å². The maximum atomic E-state index is 11.9. The molecule has 6 heteroatoms. The molecule has 0 aliphatic rings. The number of amides is 1. The van der Waals surface area contributed by atoms with Gasteiger partial charge in [-0.2, -0.15) is 0 Å². The van der Waals surface area contributed by atoms with Crippen LogP contribution >= 0.6 is 11.6 Å². The Hall–Kier alpha value is -2.14. The lowest BCUT2D eigenvalue weighted by atomic mass is 10.2. The zero-order valence-electron chi connectivity index (χ0n) is 11.9. The van der Waals surface area contributed by atoms with Crippen LogP contribution in [0.25, 0.3) is 0 Å². The average Bonchev–Trinajstić information content (AvgIpc) is 2.46. The normalized spacial score (nSPS) is 10.5. The average molecular weight is 305 g/mol. The van der Waals surface area contributed by atoms with Crippen molar-refractivity contribution in [1.82, 2.24) is 15.3 Å². The van der Waals surface area contributed by atoms with Gasteiger partial charge in [0.2, 0.25) is 0 Å². The van der Waals surface area contributed by atoms with Crippen LogP contribution in [0.3, 0.4) is 0 Å². The first-order valence-electron chi connectivity index (χ1n) is 6.66. The lowest BCUT2D eigenvalue weighted by molar-refractivity contribution is 0.0938. The number of nitrogens with zero attached hydrogens (tertiary/aromatic N) is 2. The fraction of sp³-hybridized carbons (Fsp3) is 0.267. The summed E-state index contributed by atoms with van der Waals surface area (Å²) in [4.78, 5) is 20.0. The number of benzene rings is 1. The van der Waals surface area contributed by atoms with Crippen molar-refractivity contribution in [2.45, 2.75) is 26.4 Å². The van der Waals surface area contributed by atoms with Crippen molar-refractivity contribution < 1.29 is 4.79 Å². The molecule has 21 heavy (non-hydrogen) atoms. The molecule has 0 saturated carbocycles. The summed E-state index contributed by atoms with van der Waals surface area (Å²) in [5, 5.41) is 6.62. The summed E-state index contributed by atoms with van der Waals surface area (Å²) in [5.74, 6) is 0.368. The number of hydrogen-bond acceptors (Lipinski definition) is 4. The largest absolute Gasteiger partial charge is 0.366 e. The molecule has 5 nitrogen and oxygen atoms in total. The molecule has 2 rings (SSSR count). The topological polar surface area (TPSA) is 66.9 Å². The van der Waals surface area contributed by atoms with Gasteiger partial charge in [-0.25, -0.2) is 9.97 Å². The first-order chi connectivity index (χ1) is 10.1. The van der Waals surface area contributed by atoms with Crippen molar-refractivity contribution in [3.05, 3.63) is 52.9 Å². The van der Waals surface area contributed by atoms with E-state index in [-0.39, 0.29) is 11.9 Å². The number of rotatable bonds is 5. The van der Waals surface area contributed by atoms with E-state index >= 15 is 0 Å². The number of hydrogen-bond donors (Lipinski definition) is 2. The van der Waals surface area contributed by atoms with E-state index in [1.165, 1.54) is 6.33 Å². The number of carbonyl (C=O) groups is 1. The Bertz CT molecular complexity index is 631. The lowest BCUT2D eigenvalue weighted by Crippen LogP contribution is -2.30. The Balaban J connectivity index is 2.04. The third-order valence-corrected chi connectivity index (χ3v) is 3.11. The van der Waals surface area contributed by atoms with Gasteiger partial charge in [0, 0.05) is 23.7 Å². The minimum Gasteiger partial charge on any atom is -0.366 e. The molecular formula is C15H17ClN4O.